The van der Waals surface area contributed by atoms with Gasteiger partial charge in [-0.05, 0) is 69.2 Å². The lowest BCUT2D eigenvalue weighted by Gasteiger charge is -2.35. The van der Waals surface area contributed by atoms with Gasteiger partial charge in [-0.25, -0.2) is 0 Å². The van der Waals surface area contributed by atoms with Gasteiger partial charge in [-0.3, -0.25) is 14.5 Å². The summed E-state index contributed by atoms with van der Waals surface area (Å²) in [6.45, 7) is 10.0. The molecular weight excluding hydrogens is 366 g/mol. The van der Waals surface area contributed by atoms with Gasteiger partial charge in [0.15, 0.2) is 0 Å². The summed E-state index contributed by atoms with van der Waals surface area (Å²) >= 11 is 0. The Balaban J connectivity index is 1.44. The zero-order chi connectivity index (χ0) is 20.8. The molecule has 2 fully saturated rings. The van der Waals surface area contributed by atoms with Gasteiger partial charge in [0.2, 0.25) is 5.91 Å². The molecule has 1 heterocycles. The topological polar surface area (TPSA) is 61.9 Å². The van der Waals surface area contributed by atoms with E-state index in [9.17, 15) is 9.59 Å². The fourth-order valence-electron chi connectivity index (χ4n) is 4.27. The Bertz CT molecular complexity index is 705. The third-order valence-corrected chi connectivity index (χ3v) is 6.13. The molecule has 2 amide bonds. The van der Waals surface area contributed by atoms with Crippen molar-refractivity contribution in [3.8, 4) is 5.75 Å². The number of ether oxygens (including phenoxy) is 1. The maximum absolute atomic E-state index is 12.8. The second-order valence-electron chi connectivity index (χ2n) is 8.51. The Morgan fingerprint density at radius 1 is 1.10 bits per heavy atom. The highest BCUT2D eigenvalue weighted by atomic mass is 16.5. The highest BCUT2D eigenvalue weighted by Gasteiger charge is 2.25. The van der Waals surface area contributed by atoms with Crippen molar-refractivity contribution in [1.82, 2.24) is 15.1 Å². The van der Waals surface area contributed by atoms with Crippen molar-refractivity contribution in [2.24, 2.45) is 5.92 Å². The molecule has 160 valence electrons. The Kier molecular flexibility index (Phi) is 7.53. The van der Waals surface area contributed by atoms with E-state index in [2.05, 4.69) is 17.1 Å². The molecule has 1 aromatic carbocycles. The van der Waals surface area contributed by atoms with Crippen molar-refractivity contribution in [3.05, 3.63) is 29.3 Å². The number of rotatable bonds is 6. The lowest BCUT2D eigenvalue weighted by Crippen LogP contribution is -2.52. The Labute approximate surface area is 174 Å². The SMILES string of the molecule is CCOc1ccc(C(=O)N2CCN(CC(=O)NC3CCC(C)CC3)CC2)cc1C. The van der Waals surface area contributed by atoms with Crippen molar-refractivity contribution < 1.29 is 14.3 Å². The van der Waals surface area contributed by atoms with Crippen LogP contribution in [0.15, 0.2) is 18.2 Å². The van der Waals surface area contributed by atoms with Gasteiger partial charge in [-0.1, -0.05) is 6.92 Å². The summed E-state index contributed by atoms with van der Waals surface area (Å²) in [5.74, 6) is 1.78. The minimum absolute atomic E-state index is 0.0524. The van der Waals surface area contributed by atoms with Gasteiger partial charge in [-0.2, -0.15) is 0 Å². The molecule has 0 radical (unpaired) electrons. The first-order valence-electron chi connectivity index (χ1n) is 11.0. The van der Waals surface area contributed by atoms with Crippen LogP contribution in [0.3, 0.4) is 0 Å². The molecule has 1 N–H and O–H groups in total. The van der Waals surface area contributed by atoms with Gasteiger partial charge in [0.1, 0.15) is 5.75 Å². The summed E-state index contributed by atoms with van der Waals surface area (Å²) in [5.41, 5.74) is 1.67. The average Bonchev–Trinajstić information content (AvgIpc) is 2.71. The van der Waals surface area contributed by atoms with Crippen LogP contribution in [-0.2, 0) is 4.79 Å². The van der Waals surface area contributed by atoms with Crippen LogP contribution >= 0.6 is 0 Å². The van der Waals surface area contributed by atoms with E-state index in [0.29, 0.717) is 37.8 Å². The third-order valence-electron chi connectivity index (χ3n) is 6.13. The molecule has 0 aromatic heterocycles. The Morgan fingerprint density at radius 2 is 1.79 bits per heavy atom. The summed E-state index contributed by atoms with van der Waals surface area (Å²) in [7, 11) is 0. The lowest BCUT2D eigenvalue weighted by molar-refractivity contribution is -0.123. The zero-order valence-corrected chi connectivity index (χ0v) is 18.1. The Morgan fingerprint density at radius 3 is 2.41 bits per heavy atom. The fourth-order valence-corrected chi connectivity index (χ4v) is 4.27. The number of nitrogens with zero attached hydrogens (tertiary/aromatic N) is 2. The van der Waals surface area contributed by atoms with Crippen LogP contribution in [0.4, 0.5) is 0 Å². The normalized spacial score (nSPS) is 22.9. The molecule has 0 bridgehead atoms. The maximum atomic E-state index is 12.8. The number of benzene rings is 1. The van der Waals surface area contributed by atoms with Crippen LogP contribution in [0.5, 0.6) is 5.75 Å². The molecule has 1 saturated carbocycles. The monoisotopic (exact) mass is 401 g/mol. The number of amides is 2. The molecule has 2 aliphatic rings. The van der Waals surface area contributed by atoms with Crippen LogP contribution < -0.4 is 10.1 Å². The number of carbonyl (C=O) groups excluding carboxylic acids is 2. The second kappa shape index (κ2) is 10.1. The zero-order valence-electron chi connectivity index (χ0n) is 18.1. The molecule has 29 heavy (non-hydrogen) atoms. The quantitative estimate of drug-likeness (QED) is 0.796. The number of hydrogen-bond donors (Lipinski definition) is 1. The van der Waals surface area contributed by atoms with E-state index in [1.54, 1.807) is 0 Å². The summed E-state index contributed by atoms with van der Waals surface area (Å²) < 4.78 is 5.56. The van der Waals surface area contributed by atoms with Gasteiger partial charge in [0.25, 0.3) is 5.91 Å². The molecule has 6 heteroatoms. The van der Waals surface area contributed by atoms with Crippen molar-refractivity contribution in [1.29, 1.82) is 0 Å². The van der Waals surface area contributed by atoms with E-state index in [1.807, 2.05) is 36.9 Å². The first kappa shape index (κ1) is 21.6. The van der Waals surface area contributed by atoms with Crippen molar-refractivity contribution >= 4 is 11.8 Å². The predicted octanol–water partition coefficient (Wildman–Crippen LogP) is 2.85. The summed E-state index contributed by atoms with van der Waals surface area (Å²) in [6, 6.07) is 5.95. The number of nitrogens with one attached hydrogen (secondary N) is 1. The van der Waals surface area contributed by atoms with Gasteiger partial charge in [0.05, 0.1) is 13.2 Å². The molecule has 3 rings (SSSR count). The smallest absolute Gasteiger partial charge is 0.253 e. The van der Waals surface area contributed by atoms with Crippen molar-refractivity contribution in [2.45, 2.75) is 52.5 Å². The number of piperazine rings is 1. The first-order valence-corrected chi connectivity index (χ1v) is 11.0. The van der Waals surface area contributed by atoms with Crippen LogP contribution in [0.2, 0.25) is 0 Å². The minimum Gasteiger partial charge on any atom is -0.494 e. The van der Waals surface area contributed by atoms with Crippen LogP contribution in [0, 0.1) is 12.8 Å². The van der Waals surface area contributed by atoms with Gasteiger partial charge < -0.3 is 15.0 Å². The largest absolute Gasteiger partial charge is 0.494 e. The van der Waals surface area contributed by atoms with Gasteiger partial charge in [0, 0.05) is 37.8 Å². The van der Waals surface area contributed by atoms with E-state index in [0.717, 1.165) is 43.2 Å². The maximum Gasteiger partial charge on any atom is 0.253 e. The lowest BCUT2D eigenvalue weighted by atomic mass is 9.87. The number of carbonyl (C=O) groups is 2. The van der Waals surface area contributed by atoms with E-state index in [4.69, 9.17) is 4.74 Å². The van der Waals surface area contributed by atoms with Crippen LogP contribution in [0.1, 0.15) is 55.5 Å². The van der Waals surface area contributed by atoms with Crippen molar-refractivity contribution in [3.63, 3.8) is 0 Å². The third kappa shape index (κ3) is 5.95. The van der Waals surface area contributed by atoms with E-state index < -0.39 is 0 Å². The fraction of sp³-hybridized carbons (Fsp3) is 0.652. The predicted molar refractivity (Wildman–Crippen MR) is 114 cm³/mol. The number of aryl methyl sites for hydroxylation is 1. The molecule has 0 unspecified atom stereocenters. The molecule has 1 aliphatic carbocycles. The van der Waals surface area contributed by atoms with Gasteiger partial charge >= 0.3 is 0 Å². The standard InChI is InChI=1S/C23H35N3O3/c1-4-29-21-10-7-19(15-18(21)3)23(28)26-13-11-25(12-14-26)16-22(27)24-20-8-5-17(2)6-9-20/h7,10,15,17,20H,4-6,8-9,11-14,16H2,1-3H3,(H,24,27). The molecule has 1 aliphatic heterocycles. The minimum atomic E-state index is 0.0524. The van der Waals surface area contributed by atoms with Gasteiger partial charge in [-0.15, -0.1) is 0 Å². The second-order valence-corrected chi connectivity index (χ2v) is 8.51. The molecular formula is C23H35N3O3. The van der Waals surface area contributed by atoms with Crippen LogP contribution in [-0.4, -0.2) is 67.0 Å². The Hall–Kier alpha value is -2.08. The molecule has 1 saturated heterocycles. The van der Waals surface area contributed by atoms with Crippen LogP contribution in [0.25, 0.3) is 0 Å². The number of hydrogen-bond acceptors (Lipinski definition) is 4. The molecule has 0 spiro atoms. The summed E-state index contributed by atoms with van der Waals surface area (Å²) in [4.78, 5) is 29.2. The highest BCUT2D eigenvalue weighted by molar-refractivity contribution is 5.94. The van der Waals surface area contributed by atoms with E-state index in [1.165, 1.54) is 12.8 Å². The summed E-state index contributed by atoms with van der Waals surface area (Å²) in [6.07, 6.45) is 4.60. The first-order chi connectivity index (χ1) is 14.0. The highest BCUT2D eigenvalue weighted by Crippen LogP contribution is 2.23. The van der Waals surface area contributed by atoms with E-state index in [-0.39, 0.29) is 11.8 Å². The van der Waals surface area contributed by atoms with Crippen molar-refractivity contribution in [2.75, 3.05) is 39.3 Å². The average molecular weight is 402 g/mol. The molecule has 0 atom stereocenters. The molecule has 1 aromatic rings. The van der Waals surface area contributed by atoms with E-state index >= 15 is 0 Å². The molecule has 6 nitrogen and oxygen atoms in total. The summed E-state index contributed by atoms with van der Waals surface area (Å²) in [5, 5.41) is 3.20.